The van der Waals surface area contributed by atoms with Gasteiger partial charge < -0.3 is 14.8 Å². The van der Waals surface area contributed by atoms with E-state index in [0.29, 0.717) is 30.1 Å². The molecule has 12 heteroatoms. The van der Waals surface area contributed by atoms with Crippen LogP contribution in [0, 0.1) is 23.1 Å². The van der Waals surface area contributed by atoms with Crippen molar-refractivity contribution in [2.75, 3.05) is 18.4 Å². The largest absolute Gasteiger partial charge is 0.342 e. The first-order chi connectivity index (χ1) is 21.2. The van der Waals surface area contributed by atoms with Gasteiger partial charge in [0.15, 0.2) is 11.5 Å². The summed E-state index contributed by atoms with van der Waals surface area (Å²) in [5.74, 6) is -1.01. The standard InChI is InChI=1S/C32H30F2N8O2/c1-32(2)16-23(32)31(44)40-13-10-22(11-14-40)41-18-36-28(19-3-5-21(33)6-4-19)29(41)24-7-8-27-37-26(17-42(27)39-24)38-30(43)20-9-12-35-25(34)15-20/h3-9,12,15,17-18,22-23H,10-11,13-14,16H2,1-2H3,(H,38,43). The molecule has 1 aliphatic carbocycles. The molecule has 2 aliphatic rings. The second kappa shape index (κ2) is 10.6. The topological polar surface area (TPSA) is 110 Å². The number of amides is 2. The van der Waals surface area contributed by atoms with E-state index in [1.807, 2.05) is 11.0 Å². The molecule has 0 spiro atoms. The molecule has 2 fully saturated rings. The summed E-state index contributed by atoms with van der Waals surface area (Å²) in [7, 11) is 0. The van der Waals surface area contributed by atoms with Crippen LogP contribution in [-0.2, 0) is 4.79 Å². The lowest BCUT2D eigenvalue weighted by molar-refractivity contribution is -0.134. The smallest absolute Gasteiger partial charge is 0.257 e. The first-order valence-electron chi connectivity index (χ1n) is 14.6. The molecule has 224 valence electrons. The first-order valence-corrected chi connectivity index (χ1v) is 14.6. The SMILES string of the molecule is CC1(C)CC1C(=O)N1CCC(n2cnc(-c3ccc(F)cc3)c2-c2ccc3nc(NC(=O)c4ccnc(F)c4)cn3n2)CC1. The Hall–Kier alpha value is -5.00. The van der Waals surface area contributed by atoms with E-state index in [4.69, 9.17) is 10.1 Å². The van der Waals surface area contributed by atoms with Crippen LogP contribution in [0.5, 0.6) is 0 Å². The number of carbonyl (C=O) groups excluding carboxylic acids is 2. The highest BCUT2D eigenvalue weighted by Gasteiger charge is 2.52. The van der Waals surface area contributed by atoms with Crippen LogP contribution in [0.1, 0.15) is 49.5 Å². The molecule has 0 radical (unpaired) electrons. The van der Waals surface area contributed by atoms with Gasteiger partial charge in [-0.2, -0.15) is 9.49 Å². The number of nitrogens with zero attached hydrogens (tertiary/aromatic N) is 7. The van der Waals surface area contributed by atoms with Crippen LogP contribution < -0.4 is 5.32 Å². The van der Waals surface area contributed by atoms with Crippen LogP contribution >= 0.6 is 0 Å². The fourth-order valence-electron chi connectivity index (χ4n) is 5.98. The number of hydrogen-bond acceptors (Lipinski definition) is 6. The fourth-order valence-corrected chi connectivity index (χ4v) is 5.98. The zero-order valence-electron chi connectivity index (χ0n) is 24.2. The summed E-state index contributed by atoms with van der Waals surface area (Å²) in [6.45, 7) is 5.61. The van der Waals surface area contributed by atoms with E-state index in [-0.39, 0.29) is 40.5 Å². The average molecular weight is 597 g/mol. The molecule has 5 aromatic rings. The van der Waals surface area contributed by atoms with Gasteiger partial charge in [-0.25, -0.2) is 23.9 Å². The van der Waals surface area contributed by atoms with E-state index < -0.39 is 11.9 Å². The minimum Gasteiger partial charge on any atom is -0.342 e. The Bertz CT molecular complexity index is 1890. The van der Waals surface area contributed by atoms with E-state index >= 15 is 0 Å². The van der Waals surface area contributed by atoms with Crippen molar-refractivity contribution in [1.29, 1.82) is 0 Å². The van der Waals surface area contributed by atoms with Crippen LogP contribution in [0.3, 0.4) is 0 Å². The molecule has 7 rings (SSSR count). The number of aromatic nitrogens is 6. The molecule has 1 atom stereocenters. The highest BCUT2D eigenvalue weighted by Crippen LogP contribution is 2.52. The highest BCUT2D eigenvalue weighted by molar-refractivity contribution is 6.03. The molecule has 5 heterocycles. The number of likely N-dealkylation sites (tertiary alicyclic amines) is 1. The van der Waals surface area contributed by atoms with Gasteiger partial charge in [0.25, 0.3) is 5.91 Å². The summed E-state index contributed by atoms with van der Waals surface area (Å²) in [5.41, 5.74) is 3.47. The van der Waals surface area contributed by atoms with Crippen LogP contribution in [-0.4, -0.2) is 58.9 Å². The summed E-state index contributed by atoms with van der Waals surface area (Å²) in [5, 5.41) is 7.49. The van der Waals surface area contributed by atoms with Crippen LogP contribution in [0.15, 0.2) is 67.3 Å². The van der Waals surface area contributed by atoms with Crippen LogP contribution in [0.4, 0.5) is 14.6 Å². The Kier molecular flexibility index (Phi) is 6.71. The third kappa shape index (κ3) is 5.20. The second-order valence-electron chi connectivity index (χ2n) is 12.1. The number of pyridine rings is 1. The van der Waals surface area contributed by atoms with E-state index in [1.54, 1.807) is 35.2 Å². The van der Waals surface area contributed by atoms with Crippen molar-refractivity contribution in [3.05, 3.63) is 84.6 Å². The molecule has 2 amide bonds. The second-order valence-corrected chi connectivity index (χ2v) is 12.1. The lowest BCUT2D eigenvalue weighted by atomic mass is 10.0. The third-order valence-corrected chi connectivity index (χ3v) is 8.69. The monoisotopic (exact) mass is 596 g/mol. The predicted molar refractivity (Wildman–Crippen MR) is 158 cm³/mol. The Balaban J connectivity index is 1.19. The third-order valence-electron chi connectivity index (χ3n) is 8.69. The predicted octanol–water partition coefficient (Wildman–Crippen LogP) is 5.39. The lowest BCUT2D eigenvalue weighted by Crippen LogP contribution is -2.40. The molecule has 1 aromatic carbocycles. The number of imidazole rings is 2. The Morgan fingerprint density at radius 1 is 1.00 bits per heavy atom. The van der Waals surface area contributed by atoms with Crippen molar-refractivity contribution < 1.29 is 18.4 Å². The maximum atomic E-state index is 13.8. The van der Waals surface area contributed by atoms with Crippen molar-refractivity contribution >= 4 is 23.3 Å². The number of carbonyl (C=O) groups is 2. The summed E-state index contributed by atoms with van der Waals surface area (Å²) in [4.78, 5) is 40.3. The lowest BCUT2D eigenvalue weighted by Gasteiger charge is -2.33. The van der Waals surface area contributed by atoms with Gasteiger partial charge in [0, 0.05) is 48.4 Å². The van der Waals surface area contributed by atoms with Gasteiger partial charge in [-0.3, -0.25) is 9.59 Å². The average Bonchev–Trinajstić information content (AvgIpc) is 3.32. The molecule has 1 N–H and O–H groups in total. The summed E-state index contributed by atoms with van der Waals surface area (Å²) < 4.78 is 31.0. The molecule has 4 aromatic heterocycles. The zero-order valence-corrected chi connectivity index (χ0v) is 24.2. The first kappa shape index (κ1) is 27.8. The molecule has 1 saturated carbocycles. The Morgan fingerprint density at radius 3 is 2.45 bits per heavy atom. The van der Waals surface area contributed by atoms with Crippen molar-refractivity contribution in [2.45, 2.75) is 39.2 Å². The molecule has 10 nitrogen and oxygen atoms in total. The fraction of sp³-hybridized carbons (Fsp3) is 0.312. The maximum absolute atomic E-state index is 13.8. The van der Waals surface area contributed by atoms with Crippen molar-refractivity contribution in [1.82, 2.24) is 34.0 Å². The number of halogens is 2. The number of rotatable bonds is 6. The number of anilines is 1. The normalized spacial score (nSPS) is 18.0. The molecule has 1 unspecified atom stereocenters. The van der Waals surface area contributed by atoms with Crippen molar-refractivity contribution in [2.24, 2.45) is 11.3 Å². The molecular weight excluding hydrogens is 566 g/mol. The Labute approximate surface area is 251 Å². The number of benzene rings is 1. The quantitative estimate of drug-likeness (QED) is 0.263. The van der Waals surface area contributed by atoms with E-state index in [0.717, 1.165) is 36.6 Å². The summed E-state index contributed by atoms with van der Waals surface area (Å²) in [6, 6.07) is 12.3. The maximum Gasteiger partial charge on any atom is 0.257 e. The zero-order chi connectivity index (χ0) is 30.6. The number of nitrogens with one attached hydrogen (secondary N) is 1. The van der Waals surface area contributed by atoms with E-state index in [2.05, 4.69) is 33.7 Å². The van der Waals surface area contributed by atoms with Gasteiger partial charge in [-0.05, 0) is 67.1 Å². The van der Waals surface area contributed by atoms with Gasteiger partial charge in [-0.15, -0.1) is 0 Å². The number of hydrogen-bond donors (Lipinski definition) is 1. The van der Waals surface area contributed by atoms with Crippen molar-refractivity contribution in [3.63, 3.8) is 0 Å². The van der Waals surface area contributed by atoms with E-state index in [9.17, 15) is 18.4 Å². The molecule has 0 bridgehead atoms. The minimum atomic E-state index is -0.753. The number of piperidine rings is 1. The minimum absolute atomic E-state index is 0.0823. The van der Waals surface area contributed by atoms with Crippen molar-refractivity contribution in [3.8, 4) is 22.6 Å². The van der Waals surface area contributed by atoms with Gasteiger partial charge >= 0.3 is 0 Å². The Morgan fingerprint density at radius 2 is 1.75 bits per heavy atom. The van der Waals surface area contributed by atoms with E-state index in [1.165, 1.54) is 24.4 Å². The van der Waals surface area contributed by atoms with Gasteiger partial charge in [0.2, 0.25) is 11.9 Å². The highest BCUT2D eigenvalue weighted by atomic mass is 19.1. The molecule has 1 saturated heterocycles. The summed E-state index contributed by atoms with van der Waals surface area (Å²) >= 11 is 0. The van der Waals surface area contributed by atoms with Crippen LogP contribution in [0.25, 0.3) is 28.3 Å². The van der Waals surface area contributed by atoms with Gasteiger partial charge in [0.1, 0.15) is 11.5 Å². The molecule has 44 heavy (non-hydrogen) atoms. The van der Waals surface area contributed by atoms with Crippen LogP contribution in [0.2, 0.25) is 0 Å². The molecular formula is C32H30F2N8O2. The molecule has 1 aliphatic heterocycles. The summed E-state index contributed by atoms with van der Waals surface area (Å²) in [6.07, 6.45) is 7.07. The number of fused-ring (bicyclic) bond motifs is 1. The van der Waals surface area contributed by atoms with Gasteiger partial charge in [-0.1, -0.05) is 13.8 Å². The van der Waals surface area contributed by atoms with Gasteiger partial charge in [0.05, 0.1) is 23.9 Å².